The maximum Gasteiger partial charge on any atom is 0.256 e. The van der Waals surface area contributed by atoms with Gasteiger partial charge in [-0.15, -0.1) is 0 Å². The molecule has 1 aliphatic rings. The molecule has 1 aromatic heterocycles. The van der Waals surface area contributed by atoms with E-state index < -0.39 is 0 Å². The largest absolute Gasteiger partial charge is 0.352 e. The summed E-state index contributed by atoms with van der Waals surface area (Å²) in [7, 11) is 0. The molecule has 5 nitrogen and oxygen atoms in total. The Morgan fingerprint density at radius 1 is 1.32 bits per heavy atom. The van der Waals surface area contributed by atoms with Crippen molar-refractivity contribution in [2.24, 2.45) is 0 Å². The third-order valence-electron chi connectivity index (χ3n) is 5.39. The fourth-order valence-corrected chi connectivity index (χ4v) is 4.06. The highest BCUT2D eigenvalue weighted by molar-refractivity contribution is 6.33. The van der Waals surface area contributed by atoms with E-state index in [-0.39, 0.29) is 11.7 Å². The van der Waals surface area contributed by atoms with Gasteiger partial charge in [0.25, 0.3) is 5.91 Å². The van der Waals surface area contributed by atoms with Gasteiger partial charge in [-0.2, -0.15) is 5.10 Å². The summed E-state index contributed by atoms with van der Waals surface area (Å²) in [5.41, 5.74) is 1.87. The van der Waals surface area contributed by atoms with Crippen LogP contribution >= 0.6 is 11.6 Å². The van der Waals surface area contributed by atoms with Crippen molar-refractivity contribution >= 4 is 17.5 Å². The third-order valence-corrected chi connectivity index (χ3v) is 5.77. The summed E-state index contributed by atoms with van der Waals surface area (Å²) in [5, 5.41) is 7.66. The van der Waals surface area contributed by atoms with E-state index in [2.05, 4.69) is 22.2 Å². The van der Waals surface area contributed by atoms with Crippen molar-refractivity contribution in [1.82, 2.24) is 20.0 Å². The van der Waals surface area contributed by atoms with Crippen LogP contribution < -0.4 is 5.32 Å². The Bertz CT molecular complexity index is 805. The van der Waals surface area contributed by atoms with E-state index in [0.29, 0.717) is 35.5 Å². The molecular weight excluding hydrogens is 379 g/mol. The molecule has 0 radical (unpaired) electrons. The molecular formula is C21H28ClFN4O. The van der Waals surface area contributed by atoms with Crippen LogP contribution in [0.4, 0.5) is 4.39 Å². The van der Waals surface area contributed by atoms with Gasteiger partial charge in [0.1, 0.15) is 11.0 Å². The van der Waals surface area contributed by atoms with Crippen molar-refractivity contribution in [2.45, 2.75) is 52.1 Å². The minimum Gasteiger partial charge on any atom is -0.352 e. The zero-order valence-electron chi connectivity index (χ0n) is 16.5. The van der Waals surface area contributed by atoms with Crippen LogP contribution in [-0.2, 0) is 6.54 Å². The van der Waals surface area contributed by atoms with Crippen LogP contribution in [0.25, 0.3) is 0 Å². The van der Waals surface area contributed by atoms with E-state index in [9.17, 15) is 9.18 Å². The molecule has 0 spiro atoms. The highest BCUT2D eigenvalue weighted by Gasteiger charge is 2.21. The number of nitrogens with zero attached hydrogens (tertiary/aromatic N) is 3. The number of piperidine rings is 1. The highest BCUT2D eigenvalue weighted by Crippen LogP contribution is 2.21. The quantitative estimate of drug-likeness (QED) is 0.706. The molecule has 0 bridgehead atoms. The second-order valence-corrected chi connectivity index (χ2v) is 7.88. The maximum absolute atomic E-state index is 13.1. The lowest BCUT2D eigenvalue weighted by atomic mass is 10.0. The maximum atomic E-state index is 13.1. The minimum absolute atomic E-state index is 0.195. The first-order valence-electron chi connectivity index (χ1n) is 9.95. The van der Waals surface area contributed by atoms with Crippen molar-refractivity contribution in [3.63, 3.8) is 0 Å². The van der Waals surface area contributed by atoms with Crippen molar-refractivity contribution in [3.05, 3.63) is 52.1 Å². The topological polar surface area (TPSA) is 50.2 Å². The van der Waals surface area contributed by atoms with Gasteiger partial charge in [0.2, 0.25) is 0 Å². The number of amides is 1. The number of aryl methyl sites for hydroxylation is 1. The summed E-state index contributed by atoms with van der Waals surface area (Å²) in [6.45, 7) is 7.20. The van der Waals surface area contributed by atoms with Crippen LogP contribution in [0.1, 0.15) is 54.2 Å². The van der Waals surface area contributed by atoms with E-state index in [1.807, 2.05) is 0 Å². The number of aromatic nitrogens is 2. The molecule has 0 saturated carbocycles. The van der Waals surface area contributed by atoms with Crippen LogP contribution in [0.5, 0.6) is 0 Å². The Morgan fingerprint density at radius 2 is 2.07 bits per heavy atom. The Balaban J connectivity index is 1.54. The molecule has 1 aliphatic heterocycles. The zero-order chi connectivity index (χ0) is 20.1. The van der Waals surface area contributed by atoms with Gasteiger partial charge < -0.3 is 10.2 Å². The fraction of sp³-hybridized carbons (Fsp3) is 0.524. The van der Waals surface area contributed by atoms with Crippen LogP contribution in [0.3, 0.4) is 0 Å². The number of carbonyl (C=O) groups excluding carboxylic acids is 1. The van der Waals surface area contributed by atoms with Gasteiger partial charge in [0.05, 0.1) is 17.8 Å². The average molecular weight is 407 g/mol. The number of benzene rings is 1. The SMILES string of the molecule is Cc1nn(Cc2ccc(F)cc2)c(Cl)c1C(=O)NCCCN1CCCCC1C. The smallest absolute Gasteiger partial charge is 0.256 e. The van der Waals surface area contributed by atoms with Crippen LogP contribution in [-0.4, -0.2) is 46.3 Å². The Kier molecular flexibility index (Phi) is 7.08. The summed E-state index contributed by atoms with van der Waals surface area (Å²) in [4.78, 5) is 15.1. The summed E-state index contributed by atoms with van der Waals surface area (Å²) in [6.07, 6.45) is 4.75. The molecule has 3 rings (SSSR count). The first-order valence-corrected chi connectivity index (χ1v) is 10.3. The predicted octanol–water partition coefficient (Wildman–Crippen LogP) is 4.03. The Labute approximate surface area is 170 Å². The normalized spacial score (nSPS) is 17.6. The molecule has 1 aromatic carbocycles. The van der Waals surface area contributed by atoms with Gasteiger partial charge in [0.15, 0.2) is 0 Å². The summed E-state index contributed by atoms with van der Waals surface area (Å²) in [6, 6.07) is 6.80. The number of likely N-dealkylation sites (tertiary alicyclic amines) is 1. The molecule has 1 saturated heterocycles. The molecule has 1 atom stereocenters. The van der Waals surface area contributed by atoms with Crippen LogP contribution in [0.15, 0.2) is 24.3 Å². The number of hydrogen-bond acceptors (Lipinski definition) is 3. The first kappa shape index (κ1) is 20.8. The number of carbonyl (C=O) groups is 1. The molecule has 1 amide bonds. The second-order valence-electron chi connectivity index (χ2n) is 7.53. The fourth-order valence-electron chi connectivity index (χ4n) is 3.74. The van der Waals surface area contributed by atoms with Crippen molar-refractivity contribution in [2.75, 3.05) is 19.6 Å². The summed E-state index contributed by atoms with van der Waals surface area (Å²) >= 11 is 6.42. The average Bonchev–Trinajstić information content (AvgIpc) is 2.95. The van der Waals surface area contributed by atoms with Crippen molar-refractivity contribution < 1.29 is 9.18 Å². The third kappa shape index (κ3) is 5.11. The zero-order valence-corrected chi connectivity index (χ0v) is 17.3. The van der Waals surface area contributed by atoms with E-state index in [4.69, 9.17) is 11.6 Å². The van der Waals surface area contributed by atoms with Gasteiger partial charge in [-0.1, -0.05) is 30.2 Å². The van der Waals surface area contributed by atoms with E-state index >= 15 is 0 Å². The molecule has 0 aliphatic carbocycles. The molecule has 7 heteroatoms. The van der Waals surface area contributed by atoms with Gasteiger partial charge in [-0.25, -0.2) is 9.07 Å². The second kappa shape index (κ2) is 9.52. The van der Waals surface area contributed by atoms with E-state index in [0.717, 1.165) is 25.1 Å². The number of halogens is 2. The Morgan fingerprint density at radius 3 is 2.79 bits per heavy atom. The standard InChI is InChI=1S/C21H28ClFN4O/c1-15-6-3-4-12-26(15)13-5-11-24-21(28)19-16(2)25-27(20(19)22)14-17-7-9-18(23)10-8-17/h7-10,15H,3-6,11-14H2,1-2H3,(H,24,28). The monoisotopic (exact) mass is 406 g/mol. The lowest BCUT2D eigenvalue weighted by Crippen LogP contribution is -2.39. The molecule has 1 fully saturated rings. The number of nitrogens with one attached hydrogen (secondary N) is 1. The molecule has 152 valence electrons. The lowest BCUT2D eigenvalue weighted by Gasteiger charge is -2.33. The van der Waals surface area contributed by atoms with Crippen LogP contribution in [0, 0.1) is 12.7 Å². The van der Waals surface area contributed by atoms with Gasteiger partial charge in [-0.3, -0.25) is 4.79 Å². The molecule has 1 N–H and O–H groups in total. The van der Waals surface area contributed by atoms with Crippen molar-refractivity contribution in [3.8, 4) is 0 Å². The minimum atomic E-state index is -0.287. The van der Waals surface area contributed by atoms with E-state index in [1.54, 1.807) is 23.7 Å². The first-order chi connectivity index (χ1) is 13.5. The van der Waals surface area contributed by atoms with E-state index in [1.165, 1.54) is 31.4 Å². The predicted molar refractivity (Wildman–Crippen MR) is 109 cm³/mol. The molecule has 1 unspecified atom stereocenters. The number of rotatable bonds is 7. The number of hydrogen-bond donors (Lipinski definition) is 1. The summed E-state index contributed by atoms with van der Waals surface area (Å²) < 4.78 is 14.6. The summed E-state index contributed by atoms with van der Waals surface area (Å²) in [5.74, 6) is -0.481. The molecule has 28 heavy (non-hydrogen) atoms. The van der Waals surface area contributed by atoms with Gasteiger partial charge >= 0.3 is 0 Å². The lowest BCUT2D eigenvalue weighted by molar-refractivity contribution is 0.0948. The molecule has 2 heterocycles. The molecule has 2 aromatic rings. The van der Waals surface area contributed by atoms with Crippen molar-refractivity contribution in [1.29, 1.82) is 0 Å². The Hall–Kier alpha value is -1.92. The highest BCUT2D eigenvalue weighted by atomic mass is 35.5. The van der Waals surface area contributed by atoms with Crippen LogP contribution in [0.2, 0.25) is 5.15 Å². The van der Waals surface area contributed by atoms with Gasteiger partial charge in [0, 0.05) is 19.1 Å². The van der Waals surface area contributed by atoms with Gasteiger partial charge in [-0.05, 0) is 57.4 Å².